The number of aliphatic hydroxyl groups excluding tert-OH is 1. The van der Waals surface area contributed by atoms with Gasteiger partial charge in [0.25, 0.3) is 5.91 Å². The van der Waals surface area contributed by atoms with E-state index in [1.807, 2.05) is 0 Å². The quantitative estimate of drug-likeness (QED) is 0.416. The third-order valence-electron chi connectivity index (χ3n) is 5.67. The highest BCUT2D eigenvalue weighted by Gasteiger charge is 2.47. The van der Waals surface area contributed by atoms with Gasteiger partial charge in [-0.15, -0.1) is 0 Å². The molecule has 0 aromatic carbocycles. The Morgan fingerprint density at radius 3 is 2.48 bits per heavy atom. The van der Waals surface area contributed by atoms with Gasteiger partial charge in [-0.2, -0.15) is 0 Å². The van der Waals surface area contributed by atoms with E-state index in [-0.39, 0.29) is 11.3 Å². The second kappa shape index (κ2) is 8.56. The van der Waals surface area contributed by atoms with E-state index in [1.54, 1.807) is 43.7 Å². The summed E-state index contributed by atoms with van der Waals surface area (Å²) in [6.07, 6.45) is 5.73. The van der Waals surface area contributed by atoms with Gasteiger partial charge in [-0.1, -0.05) is 19.3 Å². The zero-order valence-electron chi connectivity index (χ0n) is 18.0. The van der Waals surface area contributed by atoms with Crippen LogP contribution in [0.1, 0.15) is 63.4 Å². The Labute approximate surface area is 180 Å². The van der Waals surface area contributed by atoms with E-state index in [0.717, 1.165) is 19.3 Å². The monoisotopic (exact) mass is 432 g/mol. The lowest BCUT2D eigenvalue weighted by Gasteiger charge is -2.42. The minimum absolute atomic E-state index is 0.258. The molecule has 3 rings (SSSR count). The lowest BCUT2D eigenvalue weighted by Crippen LogP contribution is -2.46. The van der Waals surface area contributed by atoms with Crippen LogP contribution in [0.5, 0.6) is 0 Å². The fourth-order valence-electron chi connectivity index (χ4n) is 4.00. The number of hydrogen-bond donors (Lipinski definition) is 2. The number of nitrogens with one attached hydrogen (secondary N) is 1. The number of carbonyl (C=O) groups excluding carboxylic acids is 4. The van der Waals surface area contributed by atoms with Crippen molar-refractivity contribution >= 4 is 23.6 Å². The maximum atomic E-state index is 12.9. The molecule has 9 nitrogen and oxygen atoms in total. The first-order chi connectivity index (χ1) is 14.6. The van der Waals surface area contributed by atoms with E-state index in [1.165, 1.54) is 0 Å². The van der Waals surface area contributed by atoms with Crippen LogP contribution in [-0.2, 0) is 29.4 Å². The largest absolute Gasteiger partial charge is 0.509 e. The number of aliphatic hydroxyl groups is 1. The molecule has 0 bridgehead atoms. The van der Waals surface area contributed by atoms with Crippen molar-refractivity contribution in [3.05, 3.63) is 35.4 Å². The second-order valence-corrected chi connectivity index (χ2v) is 8.91. The van der Waals surface area contributed by atoms with Crippen LogP contribution in [0.2, 0.25) is 0 Å². The van der Waals surface area contributed by atoms with Crippen LogP contribution in [0.3, 0.4) is 0 Å². The molecule has 1 aromatic rings. The average Bonchev–Trinajstić information content (AvgIpc) is 3.22. The van der Waals surface area contributed by atoms with E-state index in [9.17, 15) is 24.3 Å². The molecule has 2 N–H and O–H groups in total. The minimum atomic E-state index is -0.844. The molecule has 1 amide bonds. The van der Waals surface area contributed by atoms with Gasteiger partial charge in [0, 0.05) is 6.20 Å². The van der Waals surface area contributed by atoms with E-state index in [2.05, 4.69) is 5.32 Å². The second-order valence-electron chi connectivity index (χ2n) is 8.91. The van der Waals surface area contributed by atoms with Crippen molar-refractivity contribution in [3.8, 4) is 0 Å². The number of carbonyl (C=O) groups is 4. The van der Waals surface area contributed by atoms with Crippen LogP contribution < -0.4 is 5.32 Å². The lowest BCUT2D eigenvalue weighted by molar-refractivity contribution is -0.172. The molecule has 0 atom stereocenters. The Kier molecular flexibility index (Phi) is 6.24. The number of amides is 1. The number of Topliss-reactive ketones (excluding diaryl/α,β-unsaturated/α-hetero) is 1. The van der Waals surface area contributed by atoms with E-state index >= 15 is 0 Å². The Hall–Kier alpha value is -3.10. The van der Waals surface area contributed by atoms with Crippen molar-refractivity contribution in [2.45, 2.75) is 58.4 Å². The summed E-state index contributed by atoms with van der Waals surface area (Å²) in [6, 6.07) is 3.34. The van der Waals surface area contributed by atoms with Crippen LogP contribution in [0.4, 0.5) is 0 Å². The Morgan fingerprint density at radius 2 is 1.84 bits per heavy atom. The van der Waals surface area contributed by atoms with Crippen molar-refractivity contribution in [2.24, 2.45) is 5.41 Å². The van der Waals surface area contributed by atoms with Crippen LogP contribution in [0.25, 0.3) is 0 Å². The molecule has 1 fully saturated rings. The van der Waals surface area contributed by atoms with Gasteiger partial charge in [0.05, 0.1) is 11.1 Å². The first-order valence-electron chi connectivity index (χ1n) is 10.4. The van der Waals surface area contributed by atoms with Gasteiger partial charge in [0.1, 0.15) is 23.4 Å². The molecule has 1 aromatic heterocycles. The molecule has 0 unspecified atom stereocenters. The topological polar surface area (TPSA) is 124 Å². The van der Waals surface area contributed by atoms with Crippen LogP contribution in [0, 0.1) is 5.41 Å². The summed E-state index contributed by atoms with van der Waals surface area (Å²) in [6.45, 7) is 3.87. The molecule has 0 radical (unpaired) electrons. The summed E-state index contributed by atoms with van der Waals surface area (Å²) in [5.41, 5.74) is -1.57. The lowest BCUT2D eigenvalue weighted by atomic mass is 9.75. The van der Waals surface area contributed by atoms with Gasteiger partial charge in [-0.25, -0.2) is 0 Å². The molecule has 2 heterocycles. The molecule has 2 aliphatic rings. The summed E-state index contributed by atoms with van der Waals surface area (Å²) >= 11 is 0. The number of fused-ring (bicyclic) bond motifs is 2. The molecular weight excluding hydrogens is 404 g/mol. The maximum Gasteiger partial charge on any atom is 0.328 e. The van der Waals surface area contributed by atoms with Crippen molar-refractivity contribution in [2.75, 3.05) is 13.3 Å². The summed E-state index contributed by atoms with van der Waals surface area (Å²) in [5.74, 6) is -3.07. The SMILES string of the molecule is CC(C)(C)C(=O)OCOC(=O)CNC(=O)C1=C(O)C2(CCCCC2)n2cccc2C1=O. The van der Waals surface area contributed by atoms with Gasteiger partial charge in [0.2, 0.25) is 12.6 Å². The average molecular weight is 432 g/mol. The summed E-state index contributed by atoms with van der Waals surface area (Å²) < 4.78 is 11.4. The van der Waals surface area contributed by atoms with E-state index < -0.39 is 47.9 Å². The summed E-state index contributed by atoms with van der Waals surface area (Å²) in [5, 5.41) is 13.3. The standard InChI is InChI=1S/C22H28N2O7/c1-21(2,3)20(29)31-13-30-15(25)12-23-19(28)16-17(26)14-8-7-11-24(14)22(18(16)27)9-5-4-6-10-22/h7-8,11,27H,4-6,9-10,12-13H2,1-3H3,(H,23,28). The van der Waals surface area contributed by atoms with E-state index in [4.69, 9.17) is 9.47 Å². The number of nitrogens with zero attached hydrogens (tertiary/aromatic N) is 1. The minimum Gasteiger partial charge on any atom is -0.509 e. The number of allylic oxidation sites excluding steroid dienone is 1. The molecule has 1 aliphatic heterocycles. The van der Waals surface area contributed by atoms with Gasteiger partial charge in [0.15, 0.2) is 0 Å². The number of rotatable bonds is 5. The Morgan fingerprint density at radius 1 is 1.16 bits per heavy atom. The smallest absolute Gasteiger partial charge is 0.328 e. The van der Waals surface area contributed by atoms with Gasteiger partial charge < -0.3 is 24.5 Å². The molecule has 1 aliphatic carbocycles. The third kappa shape index (κ3) is 4.35. The fourth-order valence-corrected chi connectivity index (χ4v) is 4.00. The summed E-state index contributed by atoms with van der Waals surface area (Å²) in [4.78, 5) is 49.2. The van der Waals surface area contributed by atoms with Gasteiger partial charge in [-0.3, -0.25) is 19.2 Å². The number of esters is 2. The van der Waals surface area contributed by atoms with Crippen LogP contribution in [-0.4, -0.2) is 46.6 Å². The molecular formula is C22H28N2O7. The summed E-state index contributed by atoms with van der Waals surface area (Å²) in [7, 11) is 0. The van der Waals surface area contributed by atoms with Crippen molar-refractivity contribution in [1.82, 2.24) is 9.88 Å². The van der Waals surface area contributed by atoms with Crippen molar-refractivity contribution in [3.63, 3.8) is 0 Å². The number of hydrogen-bond acceptors (Lipinski definition) is 7. The molecule has 1 spiro atoms. The molecule has 31 heavy (non-hydrogen) atoms. The first-order valence-corrected chi connectivity index (χ1v) is 10.4. The van der Waals surface area contributed by atoms with Crippen molar-refractivity contribution in [1.29, 1.82) is 0 Å². The zero-order chi connectivity index (χ0) is 22.8. The number of ether oxygens (including phenoxy) is 2. The fraction of sp³-hybridized carbons (Fsp3) is 0.545. The van der Waals surface area contributed by atoms with Crippen LogP contribution >= 0.6 is 0 Å². The third-order valence-corrected chi connectivity index (χ3v) is 5.67. The van der Waals surface area contributed by atoms with Gasteiger partial charge >= 0.3 is 11.9 Å². The first kappa shape index (κ1) is 22.6. The Bertz CT molecular complexity index is 930. The number of ketones is 1. The van der Waals surface area contributed by atoms with Crippen molar-refractivity contribution < 1.29 is 33.8 Å². The molecule has 1 saturated carbocycles. The number of aromatic nitrogens is 1. The van der Waals surface area contributed by atoms with Crippen LogP contribution in [0.15, 0.2) is 29.7 Å². The molecule has 168 valence electrons. The normalized spacial score (nSPS) is 17.8. The van der Waals surface area contributed by atoms with E-state index in [0.29, 0.717) is 18.5 Å². The molecule has 9 heteroatoms. The Balaban J connectivity index is 1.67. The predicted molar refractivity (Wildman–Crippen MR) is 109 cm³/mol. The highest BCUT2D eigenvalue weighted by molar-refractivity contribution is 6.26. The zero-order valence-corrected chi connectivity index (χ0v) is 18.0. The van der Waals surface area contributed by atoms with Gasteiger partial charge in [-0.05, 0) is 45.7 Å². The molecule has 0 saturated heterocycles. The highest BCUT2D eigenvalue weighted by atomic mass is 16.7. The maximum absolute atomic E-state index is 12.9. The predicted octanol–water partition coefficient (Wildman–Crippen LogP) is 2.36. The highest BCUT2D eigenvalue weighted by Crippen LogP contribution is 2.45.